The fourth-order valence-corrected chi connectivity index (χ4v) is 3.26. The first kappa shape index (κ1) is 20.7. The van der Waals surface area contributed by atoms with Gasteiger partial charge in [0.05, 0.1) is 19.3 Å². The molecule has 0 aliphatic carbocycles. The van der Waals surface area contributed by atoms with Crippen molar-refractivity contribution in [2.45, 2.75) is 13.1 Å². The van der Waals surface area contributed by atoms with E-state index in [9.17, 15) is 18.4 Å². The van der Waals surface area contributed by atoms with Crippen LogP contribution >= 0.6 is 11.6 Å². The third-order valence-electron chi connectivity index (χ3n) is 4.69. The Morgan fingerprint density at radius 2 is 1.81 bits per heavy atom. The Balaban J connectivity index is 1.47. The number of amides is 1. The highest BCUT2D eigenvalue weighted by molar-refractivity contribution is 6.30. The van der Waals surface area contributed by atoms with Crippen molar-refractivity contribution in [1.29, 1.82) is 0 Å². The van der Waals surface area contributed by atoms with Crippen molar-refractivity contribution in [3.63, 3.8) is 0 Å². The molecule has 1 N–H and O–H groups in total. The summed E-state index contributed by atoms with van der Waals surface area (Å²) in [5.41, 5.74) is 0.339. The molecule has 7 nitrogen and oxygen atoms in total. The number of aromatic nitrogens is 4. The Morgan fingerprint density at radius 1 is 1.10 bits per heavy atom. The fraction of sp³-hybridized carbons (Fsp3) is 0.143. The molecule has 0 bridgehead atoms. The van der Waals surface area contributed by atoms with Crippen molar-refractivity contribution in [2.24, 2.45) is 0 Å². The largest absolute Gasteiger partial charge is 0.350 e. The third-order valence-corrected chi connectivity index (χ3v) is 4.94. The van der Waals surface area contributed by atoms with Crippen LogP contribution in [0.2, 0.25) is 5.02 Å². The number of carbonyl (C=O) groups excluding carboxylic acids is 1. The molecule has 0 atom stereocenters. The van der Waals surface area contributed by atoms with Crippen molar-refractivity contribution in [1.82, 2.24) is 24.6 Å². The molecule has 31 heavy (non-hydrogen) atoms. The average molecular weight is 444 g/mol. The van der Waals surface area contributed by atoms with Crippen LogP contribution in [0.1, 0.15) is 15.9 Å². The molecule has 0 spiro atoms. The summed E-state index contributed by atoms with van der Waals surface area (Å²) in [6.45, 7) is 0.534. The molecule has 4 aromatic rings. The molecule has 0 aliphatic rings. The Bertz CT molecular complexity index is 1300. The molecule has 0 saturated carbocycles. The molecule has 0 unspecified atom stereocenters. The zero-order valence-electron chi connectivity index (χ0n) is 16.1. The van der Waals surface area contributed by atoms with E-state index in [4.69, 9.17) is 11.6 Å². The van der Waals surface area contributed by atoms with E-state index in [-0.39, 0.29) is 18.6 Å². The highest BCUT2D eigenvalue weighted by Gasteiger charge is 2.17. The normalized spacial score (nSPS) is 11.1. The van der Waals surface area contributed by atoms with Gasteiger partial charge in [0.25, 0.3) is 11.5 Å². The van der Waals surface area contributed by atoms with Crippen molar-refractivity contribution < 1.29 is 13.6 Å². The number of rotatable bonds is 6. The highest BCUT2D eigenvalue weighted by Crippen LogP contribution is 2.13. The van der Waals surface area contributed by atoms with Crippen molar-refractivity contribution in [3.8, 4) is 0 Å². The fourth-order valence-electron chi connectivity index (χ4n) is 3.14. The second-order valence-electron chi connectivity index (χ2n) is 6.76. The lowest BCUT2D eigenvalue weighted by molar-refractivity contribution is 0.0943. The minimum Gasteiger partial charge on any atom is -0.350 e. The average Bonchev–Trinajstić information content (AvgIpc) is 3.15. The summed E-state index contributed by atoms with van der Waals surface area (Å²) in [7, 11) is 0. The Labute approximate surface area is 179 Å². The van der Waals surface area contributed by atoms with Gasteiger partial charge in [-0.3, -0.25) is 14.2 Å². The van der Waals surface area contributed by atoms with E-state index in [2.05, 4.69) is 15.4 Å². The van der Waals surface area contributed by atoms with E-state index in [0.29, 0.717) is 22.6 Å². The number of fused-ring (bicyclic) bond motifs is 1. The number of benzene rings is 2. The summed E-state index contributed by atoms with van der Waals surface area (Å²) in [5, 5.41) is 7.52. The number of carbonyl (C=O) groups is 1. The van der Waals surface area contributed by atoms with Gasteiger partial charge in [-0.15, -0.1) is 0 Å². The van der Waals surface area contributed by atoms with Crippen LogP contribution in [0.15, 0.2) is 59.8 Å². The third kappa shape index (κ3) is 4.31. The molecule has 0 saturated heterocycles. The van der Waals surface area contributed by atoms with Crippen molar-refractivity contribution in [3.05, 3.63) is 93.1 Å². The van der Waals surface area contributed by atoms with Crippen LogP contribution in [0.25, 0.3) is 11.0 Å². The van der Waals surface area contributed by atoms with Crippen LogP contribution in [0.3, 0.4) is 0 Å². The number of halogens is 3. The first-order valence-corrected chi connectivity index (χ1v) is 9.69. The summed E-state index contributed by atoms with van der Waals surface area (Å²) in [5.74, 6) is -2.75. The molecule has 1 amide bonds. The molecule has 2 heterocycles. The lowest BCUT2D eigenvalue weighted by Gasteiger charge is -2.08. The molecule has 10 heteroatoms. The molecule has 2 aromatic carbocycles. The molecular formula is C21H16ClF2N5O2. The lowest BCUT2D eigenvalue weighted by atomic mass is 10.2. The quantitative estimate of drug-likeness (QED) is 0.496. The van der Waals surface area contributed by atoms with E-state index in [1.54, 1.807) is 12.1 Å². The van der Waals surface area contributed by atoms with Gasteiger partial charge in [-0.05, 0) is 29.8 Å². The SMILES string of the molecule is O=C(NCCn1ncc2c(=O)n(Cc3ccc(Cl)cc3)cnc21)c1c(F)cccc1F. The highest BCUT2D eigenvalue weighted by atomic mass is 35.5. The Morgan fingerprint density at radius 3 is 2.52 bits per heavy atom. The second kappa shape index (κ2) is 8.65. The van der Waals surface area contributed by atoms with Gasteiger partial charge in [0.1, 0.15) is 28.9 Å². The smallest absolute Gasteiger partial charge is 0.264 e. The molecule has 158 valence electrons. The summed E-state index contributed by atoms with van der Waals surface area (Å²) in [6.07, 6.45) is 2.83. The first-order chi connectivity index (χ1) is 14.9. The van der Waals surface area contributed by atoms with E-state index in [0.717, 1.165) is 17.7 Å². The van der Waals surface area contributed by atoms with Crippen LogP contribution in [-0.2, 0) is 13.1 Å². The predicted octanol–water partition coefficient (Wildman–Crippen LogP) is 3.00. The van der Waals surface area contributed by atoms with E-state index in [1.165, 1.54) is 27.8 Å². The minimum absolute atomic E-state index is 0.0406. The first-order valence-electron chi connectivity index (χ1n) is 9.31. The zero-order chi connectivity index (χ0) is 22.0. The van der Waals surface area contributed by atoms with E-state index < -0.39 is 23.1 Å². The molecule has 2 aromatic heterocycles. The van der Waals surface area contributed by atoms with Gasteiger partial charge in [-0.1, -0.05) is 29.8 Å². The van der Waals surface area contributed by atoms with Crippen molar-refractivity contribution in [2.75, 3.05) is 6.54 Å². The summed E-state index contributed by atoms with van der Waals surface area (Å²) in [4.78, 5) is 29.1. The Kier molecular flexibility index (Phi) is 5.77. The van der Waals surface area contributed by atoms with Crippen LogP contribution < -0.4 is 10.9 Å². The molecular weight excluding hydrogens is 428 g/mol. The number of nitrogens with one attached hydrogen (secondary N) is 1. The molecule has 0 radical (unpaired) electrons. The summed E-state index contributed by atoms with van der Waals surface area (Å²) in [6, 6.07) is 10.3. The maximum atomic E-state index is 13.7. The maximum absolute atomic E-state index is 13.7. The van der Waals surface area contributed by atoms with Crippen LogP contribution in [0.5, 0.6) is 0 Å². The second-order valence-corrected chi connectivity index (χ2v) is 7.20. The molecule has 4 rings (SSSR count). The Hall–Kier alpha value is -3.59. The number of hydrogen-bond acceptors (Lipinski definition) is 4. The molecule has 0 fully saturated rings. The lowest BCUT2D eigenvalue weighted by Crippen LogP contribution is -2.29. The summed E-state index contributed by atoms with van der Waals surface area (Å²) >= 11 is 5.88. The number of hydrogen-bond donors (Lipinski definition) is 1. The van der Waals surface area contributed by atoms with Crippen LogP contribution in [0, 0.1) is 11.6 Å². The van der Waals surface area contributed by atoms with Crippen LogP contribution in [0.4, 0.5) is 8.78 Å². The van der Waals surface area contributed by atoms with Gasteiger partial charge in [0.2, 0.25) is 0 Å². The minimum atomic E-state index is -0.940. The number of nitrogens with zero attached hydrogens (tertiary/aromatic N) is 4. The van der Waals surface area contributed by atoms with Gasteiger partial charge >= 0.3 is 0 Å². The zero-order valence-corrected chi connectivity index (χ0v) is 16.8. The van der Waals surface area contributed by atoms with Gasteiger partial charge < -0.3 is 5.32 Å². The summed E-state index contributed by atoms with van der Waals surface area (Å²) < 4.78 is 30.3. The van der Waals surface area contributed by atoms with Gasteiger partial charge in [0.15, 0.2) is 5.65 Å². The van der Waals surface area contributed by atoms with Crippen LogP contribution in [-0.4, -0.2) is 31.8 Å². The van der Waals surface area contributed by atoms with E-state index >= 15 is 0 Å². The topological polar surface area (TPSA) is 81.8 Å². The van der Waals surface area contributed by atoms with Crippen molar-refractivity contribution >= 4 is 28.5 Å². The van der Waals surface area contributed by atoms with E-state index in [1.807, 2.05) is 12.1 Å². The standard InChI is InChI=1S/C21H16ClF2N5O2/c22-14-6-4-13(5-7-14)11-28-12-26-19-15(21(28)31)10-27-29(19)9-8-25-20(30)18-16(23)2-1-3-17(18)24/h1-7,10,12H,8-9,11H2,(H,25,30). The monoisotopic (exact) mass is 443 g/mol. The van der Waals surface area contributed by atoms with Gasteiger partial charge in [0, 0.05) is 11.6 Å². The maximum Gasteiger partial charge on any atom is 0.264 e. The predicted molar refractivity (Wildman–Crippen MR) is 111 cm³/mol. The van der Waals surface area contributed by atoms with Gasteiger partial charge in [-0.2, -0.15) is 5.10 Å². The van der Waals surface area contributed by atoms with Gasteiger partial charge in [-0.25, -0.2) is 18.4 Å². The molecule has 0 aliphatic heterocycles.